The number of alkyl halides is 1. The third kappa shape index (κ3) is 3.54. The second-order valence-electron chi connectivity index (χ2n) is 4.10. The minimum Gasteiger partial charge on any atom is -0.461 e. The summed E-state index contributed by atoms with van der Waals surface area (Å²) in [7, 11) is 0. The zero-order valence-corrected chi connectivity index (χ0v) is 9.97. The first-order chi connectivity index (χ1) is 8.20. The average Bonchev–Trinajstić information content (AvgIpc) is 3.10. The molecule has 0 aliphatic heterocycles. The standard InChI is InChI=1S/C12H13ClF2O2/c13-5-9-3-10(14)12(11(15)4-9)17-7-16-6-8-1-2-8/h3-4,8H,1-2,5-7H2. The monoisotopic (exact) mass is 262 g/mol. The summed E-state index contributed by atoms with van der Waals surface area (Å²) < 4.78 is 36.9. The van der Waals surface area contributed by atoms with Crippen LogP contribution < -0.4 is 4.74 Å². The fourth-order valence-corrected chi connectivity index (χ4v) is 1.58. The van der Waals surface area contributed by atoms with Crippen molar-refractivity contribution in [3.05, 3.63) is 29.3 Å². The van der Waals surface area contributed by atoms with Crippen molar-refractivity contribution in [2.24, 2.45) is 5.92 Å². The van der Waals surface area contributed by atoms with Crippen molar-refractivity contribution in [2.45, 2.75) is 18.7 Å². The van der Waals surface area contributed by atoms with Gasteiger partial charge in [0.1, 0.15) is 0 Å². The van der Waals surface area contributed by atoms with Gasteiger partial charge in [-0.15, -0.1) is 11.6 Å². The lowest BCUT2D eigenvalue weighted by molar-refractivity contribution is 0.00571. The molecule has 94 valence electrons. The second-order valence-corrected chi connectivity index (χ2v) is 4.37. The summed E-state index contributed by atoms with van der Waals surface area (Å²) in [6.45, 7) is 0.452. The molecule has 1 saturated carbocycles. The Labute approximate surface area is 103 Å². The maximum Gasteiger partial charge on any atom is 0.193 e. The third-order valence-corrected chi connectivity index (χ3v) is 2.86. The molecule has 5 heteroatoms. The van der Waals surface area contributed by atoms with E-state index >= 15 is 0 Å². The van der Waals surface area contributed by atoms with E-state index in [-0.39, 0.29) is 12.7 Å². The molecule has 1 aliphatic carbocycles. The van der Waals surface area contributed by atoms with Crippen molar-refractivity contribution in [3.63, 3.8) is 0 Å². The van der Waals surface area contributed by atoms with Crippen molar-refractivity contribution in [2.75, 3.05) is 13.4 Å². The minimum atomic E-state index is -0.754. The first kappa shape index (κ1) is 12.6. The van der Waals surface area contributed by atoms with E-state index in [1.165, 1.54) is 0 Å². The van der Waals surface area contributed by atoms with E-state index in [9.17, 15) is 8.78 Å². The Hall–Kier alpha value is -0.870. The number of benzene rings is 1. The molecule has 2 nitrogen and oxygen atoms in total. The average molecular weight is 263 g/mol. The molecule has 1 aromatic carbocycles. The van der Waals surface area contributed by atoms with Gasteiger partial charge in [0.05, 0.1) is 6.61 Å². The Morgan fingerprint density at radius 1 is 1.24 bits per heavy atom. The van der Waals surface area contributed by atoms with Gasteiger partial charge in [-0.1, -0.05) is 0 Å². The SMILES string of the molecule is Fc1cc(CCl)cc(F)c1OCOCC1CC1. The van der Waals surface area contributed by atoms with E-state index in [2.05, 4.69) is 0 Å². The summed E-state index contributed by atoms with van der Waals surface area (Å²) in [5.74, 6) is -1.26. The molecule has 2 rings (SSSR count). The molecule has 0 amide bonds. The summed E-state index contributed by atoms with van der Waals surface area (Å²) in [4.78, 5) is 0. The summed E-state index contributed by atoms with van der Waals surface area (Å²) in [5, 5.41) is 0. The van der Waals surface area contributed by atoms with Crippen LogP contribution in [0.2, 0.25) is 0 Å². The first-order valence-electron chi connectivity index (χ1n) is 5.45. The fraction of sp³-hybridized carbons (Fsp3) is 0.500. The number of rotatable bonds is 6. The Kier molecular flexibility index (Phi) is 4.18. The third-order valence-electron chi connectivity index (χ3n) is 2.55. The van der Waals surface area contributed by atoms with Gasteiger partial charge < -0.3 is 9.47 Å². The first-order valence-corrected chi connectivity index (χ1v) is 5.98. The van der Waals surface area contributed by atoms with E-state index in [0.717, 1.165) is 25.0 Å². The summed E-state index contributed by atoms with van der Waals surface area (Å²) >= 11 is 5.49. The highest BCUT2D eigenvalue weighted by Gasteiger charge is 2.21. The number of halogens is 3. The quantitative estimate of drug-likeness (QED) is 0.444. The lowest BCUT2D eigenvalue weighted by atomic mass is 10.2. The maximum absolute atomic E-state index is 13.4. The molecule has 0 atom stereocenters. The fourth-order valence-electron chi connectivity index (χ4n) is 1.43. The van der Waals surface area contributed by atoms with Crippen LogP contribution in [-0.4, -0.2) is 13.4 Å². The van der Waals surface area contributed by atoms with Crippen molar-refractivity contribution in [1.82, 2.24) is 0 Å². The van der Waals surface area contributed by atoms with Crippen LogP contribution in [0.3, 0.4) is 0 Å². The highest BCUT2D eigenvalue weighted by Crippen LogP contribution is 2.29. The largest absolute Gasteiger partial charge is 0.461 e. The van der Waals surface area contributed by atoms with Gasteiger partial charge in [0.15, 0.2) is 24.2 Å². The summed E-state index contributed by atoms with van der Waals surface area (Å²) in [6.07, 6.45) is 2.32. The number of hydrogen-bond acceptors (Lipinski definition) is 2. The van der Waals surface area contributed by atoms with Crippen LogP contribution in [0.1, 0.15) is 18.4 Å². The topological polar surface area (TPSA) is 18.5 Å². The lowest BCUT2D eigenvalue weighted by Crippen LogP contribution is -2.07. The highest BCUT2D eigenvalue weighted by molar-refractivity contribution is 6.17. The van der Waals surface area contributed by atoms with E-state index in [1.807, 2.05) is 0 Å². The molecule has 0 spiro atoms. The van der Waals surface area contributed by atoms with E-state index < -0.39 is 17.4 Å². The molecule has 0 bridgehead atoms. The molecule has 0 aromatic heterocycles. The summed E-state index contributed by atoms with van der Waals surface area (Å²) in [6, 6.07) is 2.32. The van der Waals surface area contributed by atoms with Gasteiger partial charge in [0.25, 0.3) is 0 Å². The van der Waals surface area contributed by atoms with Crippen LogP contribution in [0, 0.1) is 17.6 Å². The van der Waals surface area contributed by atoms with E-state index in [4.69, 9.17) is 21.1 Å². The smallest absolute Gasteiger partial charge is 0.193 e. The molecular formula is C12H13ClF2O2. The maximum atomic E-state index is 13.4. The van der Waals surface area contributed by atoms with Gasteiger partial charge in [-0.2, -0.15) is 0 Å². The highest BCUT2D eigenvalue weighted by atomic mass is 35.5. The van der Waals surface area contributed by atoms with Gasteiger partial charge in [-0.3, -0.25) is 0 Å². The van der Waals surface area contributed by atoms with Gasteiger partial charge in [0, 0.05) is 5.88 Å². The molecule has 1 fully saturated rings. The molecule has 0 radical (unpaired) electrons. The Morgan fingerprint density at radius 2 is 1.88 bits per heavy atom. The van der Waals surface area contributed by atoms with Gasteiger partial charge in [-0.25, -0.2) is 8.78 Å². The van der Waals surface area contributed by atoms with Gasteiger partial charge in [-0.05, 0) is 36.5 Å². The molecule has 0 saturated heterocycles. The number of hydrogen-bond donors (Lipinski definition) is 0. The van der Waals surface area contributed by atoms with Crippen LogP contribution in [0.4, 0.5) is 8.78 Å². The minimum absolute atomic E-state index is 0.0618. The normalized spacial score (nSPS) is 15.0. The molecule has 1 aliphatic rings. The van der Waals surface area contributed by atoms with Gasteiger partial charge >= 0.3 is 0 Å². The van der Waals surface area contributed by atoms with Crippen molar-refractivity contribution < 1.29 is 18.3 Å². The molecule has 17 heavy (non-hydrogen) atoms. The van der Waals surface area contributed by atoms with Gasteiger partial charge in [0.2, 0.25) is 0 Å². The Morgan fingerprint density at radius 3 is 2.41 bits per heavy atom. The van der Waals surface area contributed by atoms with E-state index in [1.54, 1.807) is 0 Å². The Bertz CT molecular complexity index is 371. The van der Waals surface area contributed by atoms with Crippen molar-refractivity contribution >= 4 is 11.6 Å². The zero-order chi connectivity index (χ0) is 12.3. The molecular weight excluding hydrogens is 250 g/mol. The molecule has 0 N–H and O–H groups in total. The zero-order valence-electron chi connectivity index (χ0n) is 9.22. The van der Waals surface area contributed by atoms with E-state index in [0.29, 0.717) is 18.1 Å². The van der Waals surface area contributed by atoms with Crippen LogP contribution in [-0.2, 0) is 10.6 Å². The number of ether oxygens (including phenoxy) is 2. The predicted molar refractivity (Wildman–Crippen MR) is 60.1 cm³/mol. The van der Waals surface area contributed by atoms with Crippen LogP contribution in [0.5, 0.6) is 5.75 Å². The molecule has 1 aromatic rings. The second kappa shape index (κ2) is 5.65. The van der Waals surface area contributed by atoms with Crippen LogP contribution in [0.15, 0.2) is 12.1 Å². The van der Waals surface area contributed by atoms with Crippen molar-refractivity contribution in [3.8, 4) is 5.75 Å². The van der Waals surface area contributed by atoms with Crippen LogP contribution in [0.25, 0.3) is 0 Å². The molecule has 0 unspecified atom stereocenters. The Balaban J connectivity index is 1.89. The predicted octanol–water partition coefficient (Wildman–Crippen LogP) is 3.47. The van der Waals surface area contributed by atoms with Crippen LogP contribution >= 0.6 is 11.6 Å². The lowest BCUT2D eigenvalue weighted by Gasteiger charge is -2.09. The summed E-state index contributed by atoms with van der Waals surface area (Å²) in [5.41, 5.74) is 0.382. The van der Waals surface area contributed by atoms with Crippen molar-refractivity contribution in [1.29, 1.82) is 0 Å². The molecule has 0 heterocycles.